The smallest absolute Gasteiger partial charge is 0.138 e. The lowest BCUT2D eigenvalue weighted by atomic mass is 10.0. The Kier molecular flexibility index (Phi) is 6.17. The van der Waals surface area contributed by atoms with Gasteiger partial charge in [-0.3, -0.25) is 0 Å². The molecule has 2 aliphatic rings. The second-order valence-corrected chi connectivity index (χ2v) is 7.40. The predicted octanol–water partition coefficient (Wildman–Crippen LogP) is 5.34. The van der Waals surface area contributed by atoms with E-state index in [1.807, 2.05) is 49.4 Å². The Morgan fingerprint density at radius 2 is 2.23 bits per heavy atom. The van der Waals surface area contributed by atoms with Gasteiger partial charge in [-0.25, -0.2) is 9.37 Å². The quantitative estimate of drug-likeness (QED) is 0.542. The Hall–Kier alpha value is -3.80. The van der Waals surface area contributed by atoms with Crippen LogP contribution in [0.25, 0.3) is 5.70 Å². The van der Waals surface area contributed by atoms with Gasteiger partial charge in [0.25, 0.3) is 0 Å². The highest BCUT2D eigenvalue weighted by Crippen LogP contribution is 2.30. The SMILES string of the molecule is C=C(NCC1=CC(F)=CNC1)c1cccc(Oc2ccnc(NC3=CC=CC3)c2)c1C. The number of anilines is 1. The van der Waals surface area contributed by atoms with Crippen LogP contribution >= 0.6 is 0 Å². The summed E-state index contributed by atoms with van der Waals surface area (Å²) in [5, 5.41) is 9.50. The van der Waals surface area contributed by atoms with Gasteiger partial charge >= 0.3 is 0 Å². The Morgan fingerprint density at radius 3 is 3.03 bits per heavy atom. The Labute approximate surface area is 181 Å². The molecule has 1 aromatic carbocycles. The highest BCUT2D eigenvalue weighted by molar-refractivity contribution is 5.67. The van der Waals surface area contributed by atoms with Crippen molar-refractivity contribution in [3.8, 4) is 11.5 Å². The van der Waals surface area contributed by atoms with Crippen LogP contribution in [-0.2, 0) is 0 Å². The second kappa shape index (κ2) is 9.34. The van der Waals surface area contributed by atoms with Gasteiger partial charge in [-0.2, -0.15) is 0 Å². The van der Waals surface area contributed by atoms with Crippen molar-refractivity contribution in [3.05, 3.63) is 102 Å². The molecule has 0 radical (unpaired) electrons. The summed E-state index contributed by atoms with van der Waals surface area (Å²) < 4.78 is 19.5. The van der Waals surface area contributed by atoms with Gasteiger partial charge in [-0.05, 0) is 36.8 Å². The fraction of sp³-hybridized carbons (Fsp3) is 0.160. The molecule has 2 heterocycles. The average Bonchev–Trinajstić information content (AvgIpc) is 3.27. The highest BCUT2D eigenvalue weighted by atomic mass is 19.1. The normalized spacial score (nSPS) is 14.8. The molecule has 0 bridgehead atoms. The minimum Gasteiger partial charge on any atom is -0.457 e. The van der Waals surface area contributed by atoms with Crippen LogP contribution in [0, 0.1) is 6.92 Å². The first-order valence-electron chi connectivity index (χ1n) is 10.2. The lowest BCUT2D eigenvalue weighted by Crippen LogP contribution is -2.23. The maximum Gasteiger partial charge on any atom is 0.138 e. The number of halogens is 1. The fourth-order valence-corrected chi connectivity index (χ4v) is 3.42. The molecular formula is C25H25FN4O. The molecule has 0 saturated heterocycles. The summed E-state index contributed by atoms with van der Waals surface area (Å²) in [5.41, 5.74) is 4.71. The molecule has 5 nitrogen and oxygen atoms in total. The third-order valence-electron chi connectivity index (χ3n) is 5.07. The Morgan fingerprint density at radius 1 is 1.32 bits per heavy atom. The molecule has 1 aliphatic carbocycles. The molecule has 0 fully saturated rings. The average molecular weight is 417 g/mol. The zero-order valence-electron chi connectivity index (χ0n) is 17.4. The van der Waals surface area contributed by atoms with Gasteiger partial charge in [0.1, 0.15) is 23.1 Å². The van der Waals surface area contributed by atoms with E-state index in [2.05, 4.69) is 33.6 Å². The Bertz CT molecular complexity index is 1110. The van der Waals surface area contributed by atoms with E-state index in [9.17, 15) is 4.39 Å². The summed E-state index contributed by atoms with van der Waals surface area (Å²) in [6.07, 6.45) is 11.6. The van der Waals surface area contributed by atoms with Crippen molar-refractivity contribution in [1.82, 2.24) is 15.6 Å². The lowest BCUT2D eigenvalue weighted by molar-refractivity contribution is 0.478. The van der Waals surface area contributed by atoms with E-state index in [-0.39, 0.29) is 5.83 Å². The number of hydrogen-bond acceptors (Lipinski definition) is 5. The van der Waals surface area contributed by atoms with Crippen molar-refractivity contribution in [1.29, 1.82) is 0 Å². The summed E-state index contributed by atoms with van der Waals surface area (Å²) >= 11 is 0. The maximum absolute atomic E-state index is 13.4. The van der Waals surface area contributed by atoms with E-state index < -0.39 is 0 Å². The first kappa shape index (κ1) is 20.5. The van der Waals surface area contributed by atoms with Gasteiger partial charge < -0.3 is 20.7 Å². The van der Waals surface area contributed by atoms with Crippen molar-refractivity contribution >= 4 is 11.5 Å². The van der Waals surface area contributed by atoms with E-state index in [1.54, 1.807) is 6.20 Å². The topological polar surface area (TPSA) is 58.2 Å². The third kappa shape index (κ3) is 5.22. The van der Waals surface area contributed by atoms with Crippen molar-refractivity contribution < 1.29 is 9.13 Å². The largest absolute Gasteiger partial charge is 0.457 e. The number of dihydropyridines is 1. The van der Waals surface area contributed by atoms with Gasteiger partial charge in [0, 0.05) is 60.5 Å². The van der Waals surface area contributed by atoms with Gasteiger partial charge in [0.2, 0.25) is 0 Å². The van der Waals surface area contributed by atoms with Crippen LogP contribution in [0.15, 0.2) is 90.7 Å². The summed E-state index contributed by atoms with van der Waals surface area (Å²) in [5.74, 6) is 1.91. The lowest BCUT2D eigenvalue weighted by Gasteiger charge is -2.18. The zero-order chi connectivity index (χ0) is 21.6. The first-order valence-corrected chi connectivity index (χ1v) is 10.2. The van der Waals surface area contributed by atoms with Crippen LogP contribution in [0.3, 0.4) is 0 Å². The Balaban J connectivity index is 1.44. The molecule has 1 aromatic heterocycles. The number of nitrogens with zero attached hydrogens (tertiary/aromatic N) is 1. The monoisotopic (exact) mass is 416 g/mol. The van der Waals surface area contributed by atoms with Crippen LogP contribution in [0.2, 0.25) is 0 Å². The van der Waals surface area contributed by atoms with Crippen LogP contribution in [0.5, 0.6) is 11.5 Å². The molecule has 6 heteroatoms. The molecule has 1 aliphatic heterocycles. The van der Waals surface area contributed by atoms with Crippen LogP contribution < -0.4 is 20.7 Å². The van der Waals surface area contributed by atoms with Crippen molar-refractivity contribution in [3.63, 3.8) is 0 Å². The molecule has 0 spiro atoms. The van der Waals surface area contributed by atoms with Gasteiger partial charge in [0.05, 0.1) is 0 Å². The summed E-state index contributed by atoms with van der Waals surface area (Å²) in [6, 6.07) is 9.56. The summed E-state index contributed by atoms with van der Waals surface area (Å²) in [6.45, 7) is 7.28. The summed E-state index contributed by atoms with van der Waals surface area (Å²) in [4.78, 5) is 4.36. The number of aromatic nitrogens is 1. The number of ether oxygens (including phenoxy) is 1. The van der Waals surface area contributed by atoms with E-state index in [0.717, 1.165) is 46.1 Å². The fourth-order valence-electron chi connectivity index (χ4n) is 3.42. The van der Waals surface area contributed by atoms with Crippen LogP contribution in [-0.4, -0.2) is 18.1 Å². The molecule has 3 N–H and O–H groups in total. The van der Waals surface area contributed by atoms with Crippen molar-refractivity contribution in [2.24, 2.45) is 0 Å². The predicted molar refractivity (Wildman–Crippen MR) is 123 cm³/mol. The van der Waals surface area contributed by atoms with E-state index in [0.29, 0.717) is 18.8 Å². The molecule has 31 heavy (non-hydrogen) atoms. The molecular weight excluding hydrogens is 391 g/mol. The standard InChI is InChI=1S/C25H25FN4O/c1-17-23(18(2)29-15-19-12-20(26)16-27-14-19)8-5-9-24(17)31-22-10-11-28-25(13-22)30-21-6-3-4-7-21/h3-6,8-13,16,27,29H,2,7,14-15H2,1H3,(H,28,30). The van der Waals surface area contributed by atoms with Gasteiger partial charge in [0.15, 0.2) is 0 Å². The minimum absolute atomic E-state index is 0.271. The van der Waals surface area contributed by atoms with E-state index in [4.69, 9.17) is 4.74 Å². The zero-order valence-corrected chi connectivity index (χ0v) is 17.4. The molecule has 0 unspecified atom stereocenters. The minimum atomic E-state index is -0.271. The molecule has 2 aromatic rings. The van der Waals surface area contributed by atoms with Crippen LogP contribution in [0.1, 0.15) is 17.5 Å². The van der Waals surface area contributed by atoms with E-state index >= 15 is 0 Å². The highest BCUT2D eigenvalue weighted by Gasteiger charge is 2.11. The number of hydrogen-bond donors (Lipinski definition) is 3. The molecule has 4 rings (SSSR count). The third-order valence-corrected chi connectivity index (χ3v) is 5.07. The van der Waals surface area contributed by atoms with Crippen LogP contribution in [0.4, 0.5) is 10.2 Å². The number of nitrogens with one attached hydrogen (secondary N) is 3. The van der Waals surface area contributed by atoms with Gasteiger partial charge in [-0.15, -0.1) is 0 Å². The number of benzene rings is 1. The maximum atomic E-state index is 13.4. The number of pyridine rings is 1. The van der Waals surface area contributed by atoms with E-state index in [1.165, 1.54) is 12.3 Å². The number of allylic oxidation sites excluding steroid dienone is 5. The first-order chi connectivity index (χ1) is 15.1. The van der Waals surface area contributed by atoms with Crippen molar-refractivity contribution in [2.45, 2.75) is 13.3 Å². The number of rotatable bonds is 8. The van der Waals surface area contributed by atoms with Gasteiger partial charge in [-0.1, -0.05) is 30.9 Å². The second-order valence-electron chi connectivity index (χ2n) is 7.40. The molecule has 158 valence electrons. The molecule has 0 atom stereocenters. The molecule has 0 amide bonds. The molecule has 0 saturated carbocycles. The van der Waals surface area contributed by atoms with Crippen molar-refractivity contribution in [2.75, 3.05) is 18.4 Å². The summed E-state index contributed by atoms with van der Waals surface area (Å²) in [7, 11) is 0.